The van der Waals surface area contributed by atoms with Gasteiger partial charge >= 0.3 is 0 Å². The molecule has 1 unspecified atom stereocenters. The van der Waals surface area contributed by atoms with Gasteiger partial charge in [0.1, 0.15) is 0 Å². The van der Waals surface area contributed by atoms with E-state index in [0.717, 1.165) is 6.42 Å². The first kappa shape index (κ1) is 13.7. The zero-order chi connectivity index (χ0) is 14.5. The number of nitrogen functional groups attached to an aromatic ring is 1. The quantitative estimate of drug-likeness (QED) is 0.707. The number of nitrogens with zero attached hydrogens (tertiary/aromatic N) is 2. The van der Waals surface area contributed by atoms with Crippen molar-refractivity contribution in [2.45, 2.75) is 16.8 Å². The maximum atomic E-state index is 5.60. The second kappa shape index (κ2) is 6.45. The highest BCUT2D eigenvalue weighted by Gasteiger charge is 2.16. The van der Waals surface area contributed by atoms with Crippen molar-refractivity contribution in [3.63, 3.8) is 0 Å². The van der Waals surface area contributed by atoms with Gasteiger partial charge in [0.15, 0.2) is 0 Å². The summed E-state index contributed by atoms with van der Waals surface area (Å²) in [4.78, 5) is 4.19. The molecule has 3 N–H and O–H groups in total. The van der Waals surface area contributed by atoms with Gasteiger partial charge in [0.2, 0.25) is 11.1 Å². The van der Waals surface area contributed by atoms with Gasteiger partial charge < -0.3 is 5.73 Å². The van der Waals surface area contributed by atoms with Crippen molar-refractivity contribution >= 4 is 17.7 Å². The zero-order valence-corrected chi connectivity index (χ0v) is 12.3. The van der Waals surface area contributed by atoms with Crippen LogP contribution in [0.4, 0.5) is 5.95 Å². The monoisotopic (exact) mass is 296 g/mol. The number of aromatic nitrogens is 3. The Morgan fingerprint density at radius 3 is 2.29 bits per heavy atom. The molecular formula is C16H16N4S. The molecule has 0 aliphatic rings. The van der Waals surface area contributed by atoms with Crippen LogP contribution in [0.2, 0.25) is 0 Å². The van der Waals surface area contributed by atoms with E-state index in [4.69, 9.17) is 5.73 Å². The highest BCUT2D eigenvalue weighted by Crippen LogP contribution is 2.36. The summed E-state index contributed by atoms with van der Waals surface area (Å²) in [6.45, 7) is 0. The molecule has 4 nitrogen and oxygen atoms in total. The predicted octanol–water partition coefficient (Wildman–Crippen LogP) is 3.46. The Kier molecular flexibility index (Phi) is 4.21. The van der Waals surface area contributed by atoms with E-state index in [9.17, 15) is 0 Å². The van der Waals surface area contributed by atoms with Crippen LogP contribution >= 0.6 is 11.8 Å². The molecule has 0 amide bonds. The fourth-order valence-electron chi connectivity index (χ4n) is 2.16. The van der Waals surface area contributed by atoms with Crippen LogP contribution in [0.15, 0.2) is 65.8 Å². The number of thioether (sulfide) groups is 1. The Labute approximate surface area is 127 Å². The van der Waals surface area contributed by atoms with Crippen LogP contribution in [0, 0.1) is 0 Å². The lowest BCUT2D eigenvalue weighted by atomic mass is 10.0. The first-order valence-electron chi connectivity index (χ1n) is 6.74. The summed E-state index contributed by atoms with van der Waals surface area (Å²) in [5.41, 5.74) is 8.16. The van der Waals surface area contributed by atoms with Gasteiger partial charge in [-0.1, -0.05) is 72.4 Å². The van der Waals surface area contributed by atoms with E-state index in [0.29, 0.717) is 11.1 Å². The van der Waals surface area contributed by atoms with Gasteiger partial charge in [0.25, 0.3) is 0 Å². The average molecular weight is 296 g/mol. The van der Waals surface area contributed by atoms with Gasteiger partial charge in [-0.3, -0.25) is 0 Å². The number of nitrogens with one attached hydrogen (secondary N) is 1. The fraction of sp³-hybridized carbons (Fsp3) is 0.125. The average Bonchev–Trinajstić information content (AvgIpc) is 2.94. The number of benzene rings is 2. The van der Waals surface area contributed by atoms with E-state index in [-0.39, 0.29) is 5.25 Å². The third-order valence-corrected chi connectivity index (χ3v) is 4.28. The van der Waals surface area contributed by atoms with Crippen LogP contribution in [0.25, 0.3) is 0 Å². The SMILES string of the molecule is Nc1nc(SC(Cc2ccccc2)c2ccccc2)n[nH]1. The van der Waals surface area contributed by atoms with Gasteiger partial charge in [-0.2, -0.15) is 4.98 Å². The molecule has 2 aromatic carbocycles. The van der Waals surface area contributed by atoms with Gasteiger partial charge in [-0.05, 0) is 17.5 Å². The lowest BCUT2D eigenvalue weighted by Crippen LogP contribution is -1.99. The molecule has 5 heteroatoms. The fourth-order valence-corrected chi connectivity index (χ4v) is 3.23. The summed E-state index contributed by atoms with van der Waals surface area (Å²) in [7, 11) is 0. The molecule has 106 valence electrons. The lowest BCUT2D eigenvalue weighted by molar-refractivity contribution is 0.906. The molecule has 0 saturated carbocycles. The molecule has 3 aromatic rings. The lowest BCUT2D eigenvalue weighted by Gasteiger charge is -2.15. The molecule has 0 aliphatic carbocycles. The maximum Gasteiger partial charge on any atom is 0.216 e. The maximum absolute atomic E-state index is 5.60. The van der Waals surface area contributed by atoms with Crippen molar-refractivity contribution < 1.29 is 0 Å². The van der Waals surface area contributed by atoms with Crippen molar-refractivity contribution in [3.05, 3.63) is 71.8 Å². The second-order valence-corrected chi connectivity index (χ2v) is 5.88. The summed E-state index contributed by atoms with van der Waals surface area (Å²) >= 11 is 1.62. The Hall–Kier alpha value is -2.27. The Balaban J connectivity index is 1.84. The van der Waals surface area contributed by atoms with Gasteiger partial charge in [-0.25, -0.2) is 5.10 Å². The van der Waals surface area contributed by atoms with Gasteiger partial charge in [-0.15, -0.1) is 5.10 Å². The van der Waals surface area contributed by atoms with Crippen molar-refractivity contribution in [1.82, 2.24) is 15.2 Å². The molecule has 0 spiro atoms. The van der Waals surface area contributed by atoms with E-state index in [1.165, 1.54) is 11.1 Å². The normalized spacial score (nSPS) is 12.2. The standard InChI is InChI=1S/C16H16N4S/c17-15-18-16(20-19-15)21-14(13-9-5-2-6-10-13)11-12-7-3-1-4-8-12/h1-10,14H,11H2,(H3,17,18,19,20). The molecule has 21 heavy (non-hydrogen) atoms. The third kappa shape index (κ3) is 3.64. The van der Waals surface area contributed by atoms with Crippen LogP contribution in [-0.4, -0.2) is 15.2 Å². The van der Waals surface area contributed by atoms with Crippen LogP contribution in [0.5, 0.6) is 0 Å². The van der Waals surface area contributed by atoms with Crippen molar-refractivity contribution in [3.8, 4) is 0 Å². The minimum Gasteiger partial charge on any atom is -0.368 e. The topological polar surface area (TPSA) is 67.6 Å². The number of nitrogens with two attached hydrogens (primary N) is 1. The molecule has 0 aliphatic heterocycles. The van der Waals surface area contributed by atoms with E-state index in [1.54, 1.807) is 11.8 Å². The molecule has 1 heterocycles. The Morgan fingerprint density at radius 2 is 1.67 bits per heavy atom. The van der Waals surface area contributed by atoms with Crippen molar-refractivity contribution in [2.75, 3.05) is 5.73 Å². The van der Waals surface area contributed by atoms with E-state index < -0.39 is 0 Å². The number of rotatable bonds is 5. The van der Waals surface area contributed by atoms with Gasteiger partial charge in [0.05, 0.1) is 0 Å². The molecule has 3 rings (SSSR count). The largest absolute Gasteiger partial charge is 0.368 e. The molecule has 0 radical (unpaired) electrons. The van der Waals surface area contributed by atoms with Crippen molar-refractivity contribution in [1.29, 1.82) is 0 Å². The highest BCUT2D eigenvalue weighted by atomic mass is 32.2. The number of aromatic amines is 1. The minimum absolute atomic E-state index is 0.254. The molecule has 0 bridgehead atoms. The summed E-state index contributed by atoms with van der Waals surface area (Å²) in [5, 5.41) is 7.74. The summed E-state index contributed by atoms with van der Waals surface area (Å²) in [5.74, 6) is 0.351. The molecular weight excluding hydrogens is 280 g/mol. The van der Waals surface area contributed by atoms with E-state index in [2.05, 4.69) is 63.7 Å². The zero-order valence-electron chi connectivity index (χ0n) is 11.4. The minimum atomic E-state index is 0.254. The summed E-state index contributed by atoms with van der Waals surface area (Å²) in [6.07, 6.45) is 0.921. The van der Waals surface area contributed by atoms with E-state index >= 15 is 0 Å². The van der Waals surface area contributed by atoms with Gasteiger partial charge in [0, 0.05) is 5.25 Å². The Bertz CT molecular complexity index is 682. The summed E-state index contributed by atoms with van der Waals surface area (Å²) < 4.78 is 0. The second-order valence-electron chi connectivity index (χ2n) is 4.71. The predicted molar refractivity (Wildman–Crippen MR) is 86.0 cm³/mol. The van der Waals surface area contributed by atoms with E-state index in [1.807, 2.05) is 12.1 Å². The molecule has 0 fully saturated rings. The summed E-state index contributed by atoms with van der Waals surface area (Å²) in [6, 6.07) is 20.8. The van der Waals surface area contributed by atoms with Crippen LogP contribution in [-0.2, 0) is 6.42 Å². The molecule has 1 aromatic heterocycles. The van der Waals surface area contributed by atoms with Crippen LogP contribution in [0.3, 0.4) is 0 Å². The van der Waals surface area contributed by atoms with Crippen molar-refractivity contribution in [2.24, 2.45) is 0 Å². The first-order valence-corrected chi connectivity index (χ1v) is 7.62. The third-order valence-electron chi connectivity index (χ3n) is 3.17. The van der Waals surface area contributed by atoms with Crippen LogP contribution < -0.4 is 5.73 Å². The highest BCUT2D eigenvalue weighted by molar-refractivity contribution is 7.99. The number of anilines is 1. The molecule has 0 saturated heterocycles. The number of H-pyrrole nitrogens is 1. The first-order chi connectivity index (χ1) is 10.3. The smallest absolute Gasteiger partial charge is 0.216 e. The number of hydrogen-bond acceptors (Lipinski definition) is 4. The molecule has 1 atom stereocenters. The van der Waals surface area contributed by atoms with Crippen LogP contribution in [0.1, 0.15) is 16.4 Å². The Morgan fingerprint density at radius 1 is 1.00 bits per heavy atom. The number of hydrogen-bond donors (Lipinski definition) is 2.